The van der Waals surface area contributed by atoms with E-state index >= 15 is 0 Å². The van der Waals surface area contributed by atoms with Gasteiger partial charge >= 0.3 is 13.1 Å². The number of ether oxygens (including phenoxy) is 1. The molecule has 0 aromatic carbocycles. The summed E-state index contributed by atoms with van der Waals surface area (Å²) in [7, 11) is -0.254. The van der Waals surface area contributed by atoms with Gasteiger partial charge < -0.3 is 14.8 Å². The fourth-order valence-corrected chi connectivity index (χ4v) is 0.647. The van der Waals surface area contributed by atoms with Crippen molar-refractivity contribution in [2.24, 2.45) is 0 Å². The van der Waals surface area contributed by atoms with Crippen molar-refractivity contribution in [1.29, 1.82) is 0 Å². The average Bonchev–Trinajstić information content (AvgIpc) is 1.98. The first-order valence-corrected chi connectivity index (χ1v) is 3.21. The summed E-state index contributed by atoms with van der Waals surface area (Å²) in [6, 6.07) is 0. The van der Waals surface area contributed by atoms with Gasteiger partial charge in [-0.1, -0.05) is 6.08 Å². The molecule has 0 aromatic rings. The van der Waals surface area contributed by atoms with Crippen LogP contribution >= 0.6 is 0 Å². The van der Waals surface area contributed by atoms with E-state index in [4.69, 9.17) is 10.0 Å². The molecule has 4 nitrogen and oxygen atoms in total. The molecule has 0 aromatic heterocycles. The molecule has 0 aliphatic carbocycles. The zero-order valence-electron chi connectivity index (χ0n) is 6.57. The Bertz CT molecular complexity index is 164. The van der Waals surface area contributed by atoms with Crippen molar-refractivity contribution < 1.29 is 19.6 Å². The second-order valence-corrected chi connectivity index (χ2v) is 1.99. The van der Waals surface area contributed by atoms with Gasteiger partial charge in [-0.15, -0.1) is 0 Å². The highest BCUT2D eigenvalue weighted by atomic mass is 16.5. The van der Waals surface area contributed by atoms with Crippen LogP contribution in [0.3, 0.4) is 0 Å². The summed E-state index contributed by atoms with van der Waals surface area (Å²) < 4.78 is 4.37. The maximum absolute atomic E-state index is 10.8. The largest absolute Gasteiger partial charge is 0.466 e. The first-order chi connectivity index (χ1) is 5.11. The van der Waals surface area contributed by atoms with Gasteiger partial charge in [0.25, 0.3) is 0 Å². The molecule has 5 heteroatoms. The number of allylic oxidation sites excluding steroid dienone is 1. The summed E-state index contributed by atoms with van der Waals surface area (Å²) in [5, 5.41) is 17.0. The summed E-state index contributed by atoms with van der Waals surface area (Å²) in [6.07, 6.45) is 1.40. The van der Waals surface area contributed by atoms with Crippen molar-refractivity contribution in [3.05, 3.63) is 11.6 Å². The minimum Gasteiger partial charge on any atom is -0.466 e. The van der Waals surface area contributed by atoms with Crippen LogP contribution in [0.1, 0.15) is 6.92 Å². The maximum atomic E-state index is 10.8. The number of rotatable bonds is 3. The Balaban J connectivity index is 4.09. The Labute approximate surface area is 65.6 Å². The quantitative estimate of drug-likeness (QED) is 0.332. The van der Waals surface area contributed by atoms with E-state index in [9.17, 15) is 4.79 Å². The third kappa shape index (κ3) is 3.80. The molecule has 0 unspecified atom stereocenters. The van der Waals surface area contributed by atoms with Gasteiger partial charge in [0.2, 0.25) is 0 Å². The molecule has 0 fully saturated rings. The number of carbonyl (C=O) groups is 1. The maximum Gasteiger partial charge on any atom is 0.456 e. The fraction of sp³-hybridized carbons (Fsp3) is 0.500. The summed E-state index contributed by atoms with van der Waals surface area (Å²) >= 11 is 0. The van der Waals surface area contributed by atoms with Gasteiger partial charge in [0, 0.05) is 11.9 Å². The molecule has 0 aliphatic rings. The zero-order valence-corrected chi connectivity index (χ0v) is 6.57. The van der Waals surface area contributed by atoms with E-state index in [0.29, 0.717) is 0 Å². The number of esters is 1. The Hall–Kier alpha value is -0.805. The van der Waals surface area contributed by atoms with Gasteiger partial charge in [0.1, 0.15) is 0 Å². The third-order valence-corrected chi connectivity index (χ3v) is 1.20. The second-order valence-electron chi connectivity index (χ2n) is 1.99. The third-order valence-electron chi connectivity index (χ3n) is 1.20. The van der Waals surface area contributed by atoms with Crippen molar-refractivity contribution in [2.75, 3.05) is 7.11 Å². The molecule has 0 saturated heterocycles. The van der Waals surface area contributed by atoms with E-state index in [2.05, 4.69) is 4.74 Å². The number of methoxy groups -OCH3 is 1. The molecule has 0 spiro atoms. The molecule has 0 bridgehead atoms. The minimum absolute atomic E-state index is 0.0941. The highest BCUT2D eigenvalue weighted by Gasteiger charge is 2.15. The van der Waals surface area contributed by atoms with Crippen molar-refractivity contribution in [3.63, 3.8) is 0 Å². The Morgan fingerprint density at radius 1 is 1.64 bits per heavy atom. The van der Waals surface area contributed by atoms with Gasteiger partial charge in [-0.3, -0.25) is 0 Å². The van der Waals surface area contributed by atoms with E-state index in [1.165, 1.54) is 13.2 Å². The Morgan fingerprint density at radius 3 is 2.45 bits per heavy atom. The molecule has 0 heterocycles. The van der Waals surface area contributed by atoms with Crippen LogP contribution in [0.15, 0.2) is 11.6 Å². The van der Waals surface area contributed by atoms with Crippen LogP contribution in [0.2, 0.25) is 6.32 Å². The Kier molecular flexibility index (Phi) is 4.57. The topological polar surface area (TPSA) is 66.8 Å². The van der Waals surface area contributed by atoms with Crippen molar-refractivity contribution in [3.8, 4) is 0 Å². The summed E-state index contributed by atoms with van der Waals surface area (Å²) in [6.45, 7) is 1.63. The van der Waals surface area contributed by atoms with Crippen LogP contribution < -0.4 is 0 Å². The second kappa shape index (κ2) is 4.93. The lowest BCUT2D eigenvalue weighted by Crippen LogP contribution is -2.16. The highest BCUT2D eigenvalue weighted by molar-refractivity contribution is 6.43. The molecular weight excluding hydrogens is 147 g/mol. The van der Waals surface area contributed by atoms with E-state index in [-0.39, 0.29) is 11.9 Å². The van der Waals surface area contributed by atoms with E-state index < -0.39 is 13.1 Å². The van der Waals surface area contributed by atoms with Crippen molar-refractivity contribution in [2.45, 2.75) is 13.2 Å². The summed E-state index contributed by atoms with van der Waals surface area (Å²) in [5.41, 5.74) is 0.266. The molecule has 0 saturated carbocycles. The van der Waals surface area contributed by atoms with Gasteiger partial charge in [-0.05, 0) is 6.92 Å². The van der Waals surface area contributed by atoms with Gasteiger partial charge in [-0.2, -0.15) is 0 Å². The van der Waals surface area contributed by atoms with Crippen LogP contribution in [0.25, 0.3) is 0 Å². The summed E-state index contributed by atoms with van der Waals surface area (Å²) in [5.74, 6) is -0.527. The predicted octanol–water partition coefficient (Wildman–Crippen LogP) is -0.422. The first-order valence-electron chi connectivity index (χ1n) is 3.21. The molecule has 2 N–H and O–H groups in total. The summed E-state index contributed by atoms with van der Waals surface area (Å²) in [4.78, 5) is 10.8. The highest BCUT2D eigenvalue weighted by Crippen LogP contribution is 2.04. The van der Waals surface area contributed by atoms with Crippen molar-refractivity contribution in [1.82, 2.24) is 0 Å². The lowest BCUT2D eigenvalue weighted by molar-refractivity contribution is -0.136. The monoisotopic (exact) mass is 158 g/mol. The van der Waals surface area contributed by atoms with Gasteiger partial charge in [0.15, 0.2) is 0 Å². The zero-order chi connectivity index (χ0) is 8.85. The normalized spacial score (nSPS) is 11.1. The fourth-order valence-electron chi connectivity index (χ4n) is 0.647. The Morgan fingerprint density at radius 2 is 2.18 bits per heavy atom. The van der Waals surface area contributed by atoms with E-state index in [0.717, 1.165) is 0 Å². The molecule has 0 radical (unpaired) electrons. The van der Waals surface area contributed by atoms with E-state index in [1.807, 2.05) is 0 Å². The smallest absolute Gasteiger partial charge is 0.456 e. The van der Waals surface area contributed by atoms with E-state index in [1.54, 1.807) is 6.92 Å². The first kappa shape index (κ1) is 10.2. The van der Waals surface area contributed by atoms with Crippen LogP contribution in [0.5, 0.6) is 0 Å². The minimum atomic E-state index is -1.50. The van der Waals surface area contributed by atoms with Crippen LogP contribution in [-0.4, -0.2) is 30.2 Å². The number of carbonyl (C=O) groups excluding carboxylic acids is 1. The average molecular weight is 158 g/mol. The van der Waals surface area contributed by atoms with Gasteiger partial charge in [-0.25, -0.2) is 4.79 Å². The van der Waals surface area contributed by atoms with Crippen LogP contribution in [0.4, 0.5) is 0 Å². The molecule has 0 atom stereocenters. The van der Waals surface area contributed by atoms with Crippen LogP contribution in [-0.2, 0) is 9.53 Å². The molecular formula is C6H11BO4. The molecule has 0 amide bonds. The number of hydrogen-bond acceptors (Lipinski definition) is 4. The molecule has 0 aliphatic heterocycles. The van der Waals surface area contributed by atoms with Gasteiger partial charge in [0.05, 0.1) is 7.11 Å². The van der Waals surface area contributed by atoms with Crippen molar-refractivity contribution >= 4 is 13.1 Å². The molecule has 11 heavy (non-hydrogen) atoms. The molecule has 0 rings (SSSR count). The number of hydrogen-bond donors (Lipinski definition) is 2. The molecule has 62 valence electrons. The lowest BCUT2D eigenvalue weighted by atomic mass is 9.81. The lowest BCUT2D eigenvalue weighted by Gasteiger charge is -2.02. The van der Waals surface area contributed by atoms with Crippen LogP contribution in [0, 0.1) is 0 Å². The standard InChI is InChI=1S/C6H11BO4/c1-3-5(4-7(9)10)6(8)11-2/h3,9-10H,4H2,1-2H3. The predicted molar refractivity (Wildman–Crippen MR) is 40.8 cm³/mol. The SMILES string of the molecule is CC=C(CB(O)O)C(=O)OC.